The summed E-state index contributed by atoms with van der Waals surface area (Å²) in [5.74, 6) is 0. The van der Waals surface area contributed by atoms with Crippen LogP contribution < -0.4 is 0 Å². The van der Waals surface area contributed by atoms with E-state index >= 15 is 0 Å². The Kier molecular flexibility index (Phi) is 4.49. The van der Waals surface area contributed by atoms with E-state index in [1.165, 1.54) is 0 Å². The predicted molar refractivity (Wildman–Crippen MR) is 82.1 cm³/mol. The molecular formula is C8H4Br5N3. The SMILES string of the molecule is BrCCn1nc2c(Br)c(Br)c(Br)c(Br)c2n1. The summed E-state index contributed by atoms with van der Waals surface area (Å²) in [6, 6.07) is 0. The molecule has 0 aliphatic heterocycles. The molecule has 0 saturated carbocycles. The van der Waals surface area contributed by atoms with Crippen molar-refractivity contribution in [3.8, 4) is 0 Å². The summed E-state index contributed by atoms with van der Waals surface area (Å²) in [5.41, 5.74) is 1.67. The number of benzene rings is 1. The minimum absolute atomic E-state index is 0.739. The van der Waals surface area contributed by atoms with Gasteiger partial charge in [-0.25, -0.2) is 0 Å². The molecule has 0 atom stereocenters. The van der Waals surface area contributed by atoms with Gasteiger partial charge < -0.3 is 0 Å². The van der Waals surface area contributed by atoms with Crippen LogP contribution >= 0.6 is 79.6 Å². The molecule has 0 aliphatic carbocycles. The molecule has 16 heavy (non-hydrogen) atoms. The second-order valence-corrected chi connectivity index (χ2v) is 6.90. The van der Waals surface area contributed by atoms with Gasteiger partial charge in [-0.3, -0.25) is 0 Å². The third kappa shape index (κ3) is 2.28. The fraction of sp³-hybridized carbons (Fsp3) is 0.250. The number of alkyl halides is 1. The van der Waals surface area contributed by atoms with Crippen molar-refractivity contribution in [2.24, 2.45) is 0 Å². The maximum Gasteiger partial charge on any atom is 0.129 e. The van der Waals surface area contributed by atoms with Crippen molar-refractivity contribution in [2.75, 3.05) is 5.33 Å². The zero-order valence-electron chi connectivity index (χ0n) is 7.65. The molecule has 0 unspecified atom stereocenters. The zero-order chi connectivity index (χ0) is 11.9. The van der Waals surface area contributed by atoms with Gasteiger partial charge in [0.1, 0.15) is 11.0 Å². The Labute approximate surface area is 134 Å². The van der Waals surface area contributed by atoms with Crippen LogP contribution in [0.2, 0.25) is 0 Å². The molecule has 3 nitrogen and oxygen atoms in total. The summed E-state index contributed by atoms with van der Waals surface area (Å²) >= 11 is 17.4. The molecule has 0 spiro atoms. The summed E-state index contributed by atoms with van der Waals surface area (Å²) in [7, 11) is 0. The molecule has 86 valence electrons. The quantitative estimate of drug-likeness (QED) is 0.309. The normalized spacial score (nSPS) is 11.3. The van der Waals surface area contributed by atoms with Crippen LogP contribution in [0.25, 0.3) is 11.0 Å². The van der Waals surface area contributed by atoms with Crippen LogP contribution in [0.1, 0.15) is 0 Å². The van der Waals surface area contributed by atoms with Crippen LogP contribution in [0.3, 0.4) is 0 Å². The van der Waals surface area contributed by atoms with Gasteiger partial charge in [0, 0.05) is 14.3 Å². The monoisotopic (exact) mass is 537 g/mol. The van der Waals surface area contributed by atoms with E-state index in [2.05, 4.69) is 89.8 Å². The van der Waals surface area contributed by atoms with Crippen LogP contribution in [0, 0.1) is 0 Å². The Balaban J connectivity index is 2.76. The molecule has 0 bridgehead atoms. The summed E-state index contributed by atoms with van der Waals surface area (Å²) in [5, 5.41) is 9.65. The molecule has 1 aromatic heterocycles. The van der Waals surface area contributed by atoms with Crippen molar-refractivity contribution < 1.29 is 0 Å². The van der Waals surface area contributed by atoms with E-state index in [1.807, 2.05) is 0 Å². The largest absolute Gasteiger partial charge is 0.183 e. The van der Waals surface area contributed by atoms with Crippen LogP contribution in [0.5, 0.6) is 0 Å². The average Bonchev–Trinajstić information content (AvgIpc) is 2.68. The number of hydrogen-bond donors (Lipinski definition) is 0. The Morgan fingerprint density at radius 1 is 0.812 bits per heavy atom. The maximum absolute atomic E-state index is 4.41. The first-order valence-corrected chi connectivity index (χ1v) is 8.48. The number of nitrogens with zero attached hydrogens (tertiary/aromatic N) is 3. The van der Waals surface area contributed by atoms with Crippen LogP contribution in [0.4, 0.5) is 0 Å². The van der Waals surface area contributed by atoms with Crippen molar-refractivity contribution >= 4 is 90.7 Å². The summed E-state index contributed by atoms with van der Waals surface area (Å²) < 4.78 is 3.66. The minimum atomic E-state index is 0.739. The smallest absolute Gasteiger partial charge is 0.129 e. The van der Waals surface area contributed by atoms with E-state index in [-0.39, 0.29) is 0 Å². The van der Waals surface area contributed by atoms with Crippen LogP contribution in [-0.2, 0) is 6.54 Å². The molecule has 2 rings (SSSR count). The Hall–Kier alpha value is 1.02. The molecule has 0 N–H and O–H groups in total. The van der Waals surface area contributed by atoms with Gasteiger partial charge >= 0.3 is 0 Å². The highest BCUT2D eigenvalue weighted by molar-refractivity contribution is 9.15. The van der Waals surface area contributed by atoms with E-state index in [0.29, 0.717) is 0 Å². The Morgan fingerprint density at radius 3 is 1.62 bits per heavy atom. The highest BCUT2D eigenvalue weighted by Crippen LogP contribution is 2.41. The summed E-state index contributed by atoms with van der Waals surface area (Å²) in [6.45, 7) is 0.739. The minimum Gasteiger partial charge on any atom is -0.183 e. The lowest BCUT2D eigenvalue weighted by Crippen LogP contribution is -2.02. The van der Waals surface area contributed by atoms with E-state index in [0.717, 1.165) is 40.8 Å². The van der Waals surface area contributed by atoms with Gasteiger partial charge in [-0.15, -0.1) is 0 Å². The lowest BCUT2D eigenvalue weighted by atomic mass is 10.3. The number of aromatic nitrogens is 3. The second kappa shape index (κ2) is 5.34. The first-order valence-electron chi connectivity index (χ1n) is 4.19. The fourth-order valence-electron chi connectivity index (χ4n) is 1.22. The van der Waals surface area contributed by atoms with Gasteiger partial charge in [0.15, 0.2) is 0 Å². The van der Waals surface area contributed by atoms with Gasteiger partial charge in [0.25, 0.3) is 0 Å². The zero-order valence-corrected chi connectivity index (χ0v) is 15.6. The first kappa shape index (κ1) is 13.5. The lowest BCUT2D eigenvalue weighted by molar-refractivity contribution is 0.585. The average molecular weight is 542 g/mol. The second-order valence-electron chi connectivity index (χ2n) is 2.94. The lowest BCUT2D eigenvalue weighted by Gasteiger charge is -2.02. The van der Waals surface area contributed by atoms with Crippen molar-refractivity contribution in [1.29, 1.82) is 0 Å². The third-order valence-corrected chi connectivity index (χ3v) is 7.01. The number of rotatable bonds is 2. The molecule has 8 heteroatoms. The standard InChI is InChI=1S/C8H4Br5N3/c9-1-2-16-14-7-5(12)3(10)4(11)6(13)8(7)15-16/h1-2H2. The van der Waals surface area contributed by atoms with E-state index in [9.17, 15) is 0 Å². The molecule has 1 aromatic carbocycles. The number of hydrogen-bond acceptors (Lipinski definition) is 2. The third-order valence-electron chi connectivity index (χ3n) is 1.93. The molecule has 0 saturated heterocycles. The van der Waals surface area contributed by atoms with Gasteiger partial charge in [-0.2, -0.15) is 15.0 Å². The molecule has 1 heterocycles. The van der Waals surface area contributed by atoms with E-state index in [1.54, 1.807) is 4.80 Å². The van der Waals surface area contributed by atoms with Crippen molar-refractivity contribution in [2.45, 2.75) is 6.54 Å². The van der Waals surface area contributed by atoms with Gasteiger partial charge in [0.05, 0.1) is 15.5 Å². The number of halogens is 5. The molecule has 0 radical (unpaired) electrons. The van der Waals surface area contributed by atoms with Gasteiger partial charge in [0.2, 0.25) is 0 Å². The fourth-order valence-corrected chi connectivity index (χ4v) is 3.77. The van der Waals surface area contributed by atoms with Crippen molar-refractivity contribution in [1.82, 2.24) is 15.0 Å². The van der Waals surface area contributed by atoms with Gasteiger partial charge in [-0.05, 0) is 63.7 Å². The molecule has 0 aliphatic rings. The van der Waals surface area contributed by atoms with Crippen molar-refractivity contribution in [3.05, 3.63) is 17.9 Å². The van der Waals surface area contributed by atoms with Crippen LogP contribution in [-0.4, -0.2) is 20.3 Å². The predicted octanol–water partition coefficient (Wildman–Crippen LogP) is 4.88. The van der Waals surface area contributed by atoms with Gasteiger partial charge in [-0.1, -0.05) is 15.9 Å². The van der Waals surface area contributed by atoms with E-state index in [4.69, 9.17) is 0 Å². The molecule has 0 amide bonds. The highest BCUT2D eigenvalue weighted by Gasteiger charge is 2.17. The Morgan fingerprint density at radius 2 is 1.25 bits per heavy atom. The number of aryl methyl sites for hydroxylation is 1. The van der Waals surface area contributed by atoms with Crippen molar-refractivity contribution in [3.63, 3.8) is 0 Å². The Bertz CT molecular complexity index is 505. The molecular weight excluding hydrogens is 538 g/mol. The highest BCUT2D eigenvalue weighted by atomic mass is 79.9. The van der Waals surface area contributed by atoms with Crippen LogP contribution in [0.15, 0.2) is 17.9 Å². The summed E-state index contributed by atoms with van der Waals surface area (Å²) in [4.78, 5) is 1.67. The topological polar surface area (TPSA) is 30.7 Å². The molecule has 2 aromatic rings. The molecule has 0 fully saturated rings. The number of fused-ring (bicyclic) bond motifs is 1. The summed E-state index contributed by atoms with van der Waals surface area (Å²) in [6.07, 6.45) is 0. The first-order chi connectivity index (χ1) is 7.56. The van der Waals surface area contributed by atoms with E-state index < -0.39 is 0 Å². The maximum atomic E-state index is 4.41.